The molecular formula is C26H45KO3S. The summed E-state index contributed by atoms with van der Waals surface area (Å²) in [5, 5.41) is 0. The molecule has 0 fully saturated rings. The van der Waals surface area contributed by atoms with Crippen molar-refractivity contribution in [3.63, 3.8) is 0 Å². The summed E-state index contributed by atoms with van der Waals surface area (Å²) in [6.07, 6.45) is 21.4. The zero-order chi connectivity index (χ0) is 22.1. The van der Waals surface area contributed by atoms with Crippen LogP contribution in [-0.4, -0.2) is 13.0 Å². The van der Waals surface area contributed by atoms with E-state index in [1.165, 1.54) is 89.5 Å². The van der Waals surface area contributed by atoms with Crippen molar-refractivity contribution in [3.8, 4) is 0 Å². The molecule has 0 N–H and O–H groups in total. The molecule has 1 aromatic carbocycles. The summed E-state index contributed by atoms with van der Waals surface area (Å²) in [6, 6.07) is 5.26. The van der Waals surface area contributed by atoms with Gasteiger partial charge >= 0.3 is 51.4 Å². The Bertz CT molecular complexity index is 659. The Hall–Kier alpha value is 0.766. The predicted molar refractivity (Wildman–Crippen MR) is 127 cm³/mol. The molecule has 31 heavy (non-hydrogen) atoms. The Morgan fingerprint density at radius 3 is 1.52 bits per heavy atom. The van der Waals surface area contributed by atoms with E-state index in [0.29, 0.717) is 6.42 Å². The Morgan fingerprint density at radius 1 is 0.645 bits per heavy atom. The minimum Gasteiger partial charge on any atom is -0.744 e. The summed E-state index contributed by atoms with van der Waals surface area (Å²) in [6.45, 7) is 4.47. The molecule has 3 nitrogen and oxygen atoms in total. The van der Waals surface area contributed by atoms with Gasteiger partial charge in [-0.1, -0.05) is 116 Å². The standard InChI is InChI=1S/C26H46O3S.K/c1-3-5-7-9-11-13-15-17-20-24-21-19-23-26(30(27,28)29)25(24)22-18-16-14-12-10-8-6-4-2;/h19,21,23H,3-18,20,22H2,1-2H3,(H,27,28,29);/q;+1/p-1. The summed E-state index contributed by atoms with van der Waals surface area (Å²) in [4.78, 5) is 0.0162. The third-order valence-electron chi connectivity index (χ3n) is 6.08. The topological polar surface area (TPSA) is 57.2 Å². The maximum absolute atomic E-state index is 11.8. The van der Waals surface area contributed by atoms with Gasteiger partial charge in [0.2, 0.25) is 0 Å². The van der Waals surface area contributed by atoms with Crippen LogP contribution in [-0.2, 0) is 23.0 Å². The largest absolute Gasteiger partial charge is 1.00 e. The molecule has 0 aliphatic rings. The summed E-state index contributed by atoms with van der Waals surface area (Å²) in [7, 11) is -4.41. The first-order chi connectivity index (χ1) is 14.5. The van der Waals surface area contributed by atoms with Crippen LogP contribution in [0.4, 0.5) is 0 Å². The van der Waals surface area contributed by atoms with Crippen LogP contribution < -0.4 is 51.4 Å². The van der Waals surface area contributed by atoms with Crippen molar-refractivity contribution < 1.29 is 64.4 Å². The van der Waals surface area contributed by atoms with Gasteiger partial charge < -0.3 is 4.55 Å². The molecule has 0 aromatic heterocycles. The van der Waals surface area contributed by atoms with Gasteiger partial charge in [0.05, 0.1) is 4.90 Å². The molecule has 0 unspecified atom stereocenters. The zero-order valence-electron chi connectivity index (χ0n) is 20.6. The third-order valence-corrected chi connectivity index (χ3v) is 7.00. The summed E-state index contributed by atoms with van der Waals surface area (Å²) in [5.74, 6) is 0. The van der Waals surface area contributed by atoms with Crippen LogP contribution in [0.15, 0.2) is 23.1 Å². The van der Waals surface area contributed by atoms with Crippen LogP contribution >= 0.6 is 0 Å². The minimum absolute atomic E-state index is 0. The molecule has 0 atom stereocenters. The molecule has 0 saturated heterocycles. The summed E-state index contributed by atoms with van der Waals surface area (Å²) in [5.41, 5.74) is 1.86. The van der Waals surface area contributed by atoms with Gasteiger partial charge in [-0.2, -0.15) is 0 Å². The zero-order valence-corrected chi connectivity index (χ0v) is 24.5. The fraction of sp³-hybridized carbons (Fsp3) is 0.769. The summed E-state index contributed by atoms with van der Waals surface area (Å²) < 4.78 is 35.4. The van der Waals surface area contributed by atoms with Crippen molar-refractivity contribution in [2.75, 3.05) is 0 Å². The van der Waals surface area contributed by atoms with E-state index in [-0.39, 0.29) is 56.3 Å². The van der Waals surface area contributed by atoms with Crippen LogP contribution in [0.1, 0.15) is 128 Å². The molecule has 0 bridgehead atoms. The maximum Gasteiger partial charge on any atom is 1.00 e. The van der Waals surface area contributed by atoms with Crippen molar-refractivity contribution in [1.29, 1.82) is 0 Å². The molecular weight excluding hydrogens is 431 g/mol. The normalized spacial score (nSPS) is 11.5. The Balaban J connectivity index is 0.00000900. The quantitative estimate of drug-likeness (QED) is 0.161. The van der Waals surface area contributed by atoms with E-state index < -0.39 is 10.1 Å². The van der Waals surface area contributed by atoms with Gasteiger partial charge in [-0.3, -0.25) is 0 Å². The molecule has 1 rings (SSSR count). The van der Waals surface area contributed by atoms with Crippen LogP contribution in [0.2, 0.25) is 0 Å². The van der Waals surface area contributed by atoms with E-state index in [9.17, 15) is 13.0 Å². The van der Waals surface area contributed by atoms with Crippen molar-refractivity contribution in [2.24, 2.45) is 0 Å². The van der Waals surface area contributed by atoms with Crippen molar-refractivity contribution in [3.05, 3.63) is 29.3 Å². The van der Waals surface area contributed by atoms with Crippen LogP contribution in [0.5, 0.6) is 0 Å². The van der Waals surface area contributed by atoms with Gasteiger partial charge in [-0.05, 0) is 42.9 Å². The van der Waals surface area contributed by atoms with Crippen molar-refractivity contribution >= 4 is 10.1 Å². The van der Waals surface area contributed by atoms with Gasteiger partial charge in [-0.15, -0.1) is 0 Å². The molecule has 0 radical (unpaired) electrons. The molecule has 1 aromatic rings. The number of hydrogen-bond acceptors (Lipinski definition) is 3. The predicted octanol–water partition coefficient (Wildman–Crippen LogP) is 4.96. The Kier molecular flexibility index (Phi) is 20.7. The number of unbranched alkanes of at least 4 members (excludes halogenated alkanes) is 14. The smallest absolute Gasteiger partial charge is 0.744 e. The number of aryl methyl sites for hydroxylation is 1. The number of benzene rings is 1. The van der Waals surface area contributed by atoms with Crippen molar-refractivity contribution in [1.82, 2.24) is 0 Å². The fourth-order valence-electron chi connectivity index (χ4n) is 4.25. The van der Waals surface area contributed by atoms with Gasteiger partial charge in [0.15, 0.2) is 0 Å². The van der Waals surface area contributed by atoms with E-state index >= 15 is 0 Å². The average molecular weight is 477 g/mol. The molecule has 0 heterocycles. The van der Waals surface area contributed by atoms with E-state index in [1.807, 2.05) is 6.07 Å². The van der Waals surface area contributed by atoms with Gasteiger partial charge in [-0.25, -0.2) is 8.42 Å². The summed E-state index contributed by atoms with van der Waals surface area (Å²) >= 11 is 0. The molecule has 0 amide bonds. The SMILES string of the molecule is CCCCCCCCCCc1cccc(S(=O)(=O)[O-])c1CCCCCCCCCC.[K+]. The fourth-order valence-corrected chi connectivity index (χ4v) is 5.03. The maximum atomic E-state index is 11.8. The molecule has 0 aliphatic heterocycles. The van der Waals surface area contributed by atoms with E-state index in [1.54, 1.807) is 6.07 Å². The van der Waals surface area contributed by atoms with Gasteiger partial charge in [0, 0.05) is 0 Å². The van der Waals surface area contributed by atoms with Crippen LogP contribution in [0.25, 0.3) is 0 Å². The molecule has 0 spiro atoms. The second-order valence-corrected chi connectivity index (χ2v) is 10.1. The Labute approximate surface area is 235 Å². The first-order valence-corrected chi connectivity index (χ1v) is 14.0. The number of hydrogen-bond donors (Lipinski definition) is 0. The van der Waals surface area contributed by atoms with E-state index in [0.717, 1.165) is 36.8 Å². The second kappa shape index (κ2) is 20.2. The molecule has 174 valence electrons. The Morgan fingerprint density at radius 2 is 1.06 bits per heavy atom. The van der Waals surface area contributed by atoms with E-state index in [4.69, 9.17) is 0 Å². The van der Waals surface area contributed by atoms with Crippen LogP contribution in [0.3, 0.4) is 0 Å². The molecule has 5 heteroatoms. The van der Waals surface area contributed by atoms with Gasteiger partial charge in [0.25, 0.3) is 0 Å². The molecule has 0 saturated carbocycles. The van der Waals surface area contributed by atoms with Gasteiger partial charge in [0.1, 0.15) is 10.1 Å². The first-order valence-electron chi connectivity index (χ1n) is 12.6. The third kappa shape index (κ3) is 15.3. The first kappa shape index (κ1) is 31.8. The monoisotopic (exact) mass is 476 g/mol. The van der Waals surface area contributed by atoms with Crippen molar-refractivity contribution in [2.45, 2.75) is 134 Å². The number of rotatable bonds is 19. The minimum atomic E-state index is -4.41. The van der Waals surface area contributed by atoms with E-state index in [2.05, 4.69) is 13.8 Å². The molecule has 0 aliphatic carbocycles. The van der Waals surface area contributed by atoms with Crippen LogP contribution in [0, 0.1) is 0 Å². The average Bonchev–Trinajstić information content (AvgIpc) is 2.71. The second-order valence-electron chi connectivity index (χ2n) is 8.80.